The summed E-state index contributed by atoms with van der Waals surface area (Å²) in [5, 5.41) is 6.59. The van der Waals surface area contributed by atoms with E-state index in [0.717, 1.165) is 13.0 Å². The van der Waals surface area contributed by atoms with Crippen molar-refractivity contribution >= 4 is 5.91 Å². The molecule has 0 unspecified atom stereocenters. The minimum atomic E-state index is -0.372. The maximum Gasteiger partial charge on any atom is 0.316 e. The van der Waals surface area contributed by atoms with Crippen molar-refractivity contribution in [3.05, 3.63) is 24.1 Å². The van der Waals surface area contributed by atoms with Crippen LogP contribution in [0.1, 0.15) is 17.1 Å². The standard InChI is InChI=1S/C15H18N4O4/c1-19(2)7-3-6-16-14(20)15-17-13(18-23-15)10-4-5-11-12(8-10)22-9-21-11/h4-5,8H,3,6-7,9H2,1-2H3,(H,16,20). The van der Waals surface area contributed by atoms with Crippen LogP contribution in [0.4, 0.5) is 0 Å². The van der Waals surface area contributed by atoms with Crippen LogP contribution in [-0.2, 0) is 0 Å². The predicted molar refractivity (Wildman–Crippen MR) is 81.4 cm³/mol. The molecule has 1 aliphatic rings. The Morgan fingerprint density at radius 1 is 1.30 bits per heavy atom. The van der Waals surface area contributed by atoms with Crippen LogP contribution in [0.15, 0.2) is 22.7 Å². The van der Waals surface area contributed by atoms with Gasteiger partial charge in [0.05, 0.1) is 0 Å². The molecular weight excluding hydrogens is 300 g/mol. The number of amides is 1. The van der Waals surface area contributed by atoms with E-state index in [9.17, 15) is 4.79 Å². The van der Waals surface area contributed by atoms with Gasteiger partial charge in [0.25, 0.3) is 0 Å². The van der Waals surface area contributed by atoms with E-state index in [1.807, 2.05) is 14.1 Å². The Morgan fingerprint density at radius 2 is 2.13 bits per heavy atom. The van der Waals surface area contributed by atoms with Gasteiger partial charge in [-0.25, -0.2) is 0 Å². The molecule has 0 bridgehead atoms. The number of rotatable bonds is 6. The van der Waals surface area contributed by atoms with E-state index in [2.05, 4.69) is 20.4 Å². The second kappa shape index (κ2) is 6.66. The molecule has 23 heavy (non-hydrogen) atoms. The zero-order chi connectivity index (χ0) is 16.2. The number of hydrogen-bond donors (Lipinski definition) is 1. The third kappa shape index (κ3) is 3.59. The number of benzene rings is 1. The zero-order valence-corrected chi connectivity index (χ0v) is 13.0. The van der Waals surface area contributed by atoms with Crippen LogP contribution in [0.2, 0.25) is 0 Å². The van der Waals surface area contributed by atoms with Crippen molar-refractivity contribution in [3.8, 4) is 22.9 Å². The third-order valence-corrected chi connectivity index (χ3v) is 3.32. The lowest BCUT2D eigenvalue weighted by molar-refractivity contribution is 0.0908. The molecule has 0 spiro atoms. The van der Waals surface area contributed by atoms with Crippen molar-refractivity contribution in [2.24, 2.45) is 0 Å². The van der Waals surface area contributed by atoms with Crippen LogP contribution >= 0.6 is 0 Å². The minimum Gasteiger partial charge on any atom is -0.454 e. The quantitative estimate of drug-likeness (QED) is 0.799. The molecule has 122 valence electrons. The minimum absolute atomic E-state index is 0.0532. The molecule has 1 aromatic carbocycles. The molecule has 0 aliphatic carbocycles. The Balaban J connectivity index is 1.62. The monoisotopic (exact) mass is 318 g/mol. The maximum absolute atomic E-state index is 12.0. The van der Waals surface area contributed by atoms with E-state index >= 15 is 0 Å². The fourth-order valence-electron chi connectivity index (χ4n) is 2.14. The van der Waals surface area contributed by atoms with Crippen molar-refractivity contribution < 1.29 is 18.8 Å². The summed E-state index contributed by atoms with van der Waals surface area (Å²) in [6.45, 7) is 1.65. The largest absolute Gasteiger partial charge is 0.454 e. The first-order valence-electron chi connectivity index (χ1n) is 7.30. The summed E-state index contributed by atoms with van der Waals surface area (Å²) in [7, 11) is 3.97. The van der Waals surface area contributed by atoms with Gasteiger partial charge in [-0.2, -0.15) is 4.98 Å². The number of nitrogens with one attached hydrogen (secondary N) is 1. The third-order valence-electron chi connectivity index (χ3n) is 3.32. The van der Waals surface area contributed by atoms with Gasteiger partial charge >= 0.3 is 11.8 Å². The Labute approximate surface area is 133 Å². The Hall–Kier alpha value is -2.61. The summed E-state index contributed by atoms with van der Waals surface area (Å²) in [5.41, 5.74) is 0.699. The van der Waals surface area contributed by atoms with Gasteiger partial charge in [-0.1, -0.05) is 5.16 Å². The first-order valence-corrected chi connectivity index (χ1v) is 7.30. The molecule has 0 atom stereocenters. The molecule has 0 saturated carbocycles. The highest BCUT2D eigenvalue weighted by molar-refractivity contribution is 5.89. The van der Waals surface area contributed by atoms with Gasteiger partial charge in [0.15, 0.2) is 11.5 Å². The van der Waals surface area contributed by atoms with E-state index < -0.39 is 0 Å². The number of carbonyl (C=O) groups excluding carboxylic acids is 1. The number of fused-ring (bicyclic) bond motifs is 1. The Morgan fingerprint density at radius 3 is 2.96 bits per heavy atom. The van der Waals surface area contributed by atoms with E-state index in [-0.39, 0.29) is 18.6 Å². The molecule has 3 rings (SSSR count). The van der Waals surface area contributed by atoms with Crippen molar-refractivity contribution in [3.63, 3.8) is 0 Å². The van der Waals surface area contributed by atoms with E-state index in [4.69, 9.17) is 14.0 Å². The molecule has 0 saturated heterocycles. The molecule has 1 aromatic heterocycles. The highest BCUT2D eigenvalue weighted by Crippen LogP contribution is 2.35. The fourth-order valence-corrected chi connectivity index (χ4v) is 2.14. The topological polar surface area (TPSA) is 89.7 Å². The van der Waals surface area contributed by atoms with Crippen LogP contribution < -0.4 is 14.8 Å². The summed E-state index contributed by atoms with van der Waals surface area (Å²) in [4.78, 5) is 18.1. The maximum atomic E-state index is 12.0. The SMILES string of the molecule is CN(C)CCCNC(=O)c1nc(-c2ccc3c(c2)OCO3)no1. The summed E-state index contributed by atoms with van der Waals surface area (Å²) in [6, 6.07) is 5.32. The molecular formula is C15H18N4O4. The van der Waals surface area contributed by atoms with Gasteiger partial charge in [-0.3, -0.25) is 4.79 Å². The number of aromatic nitrogens is 2. The van der Waals surface area contributed by atoms with E-state index in [0.29, 0.717) is 29.4 Å². The first kappa shape index (κ1) is 15.3. The van der Waals surface area contributed by atoms with Gasteiger partial charge in [0.1, 0.15) is 0 Å². The average molecular weight is 318 g/mol. The van der Waals surface area contributed by atoms with Crippen molar-refractivity contribution in [2.45, 2.75) is 6.42 Å². The second-order valence-corrected chi connectivity index (χ2v) is 5.40. The van der Waals surface area contributed by atoms with Gasteiger partial charge in [-0.05, 0) is 45.3 Å². The van der Waals surface area contributed by atoms with Gasteiger partial charge in [0.2, 0.25) is 12.6 Å². The fraction of sp³-hybridized carbons (Fsp3) is 0.400. The Kier molecular flexibility index (Phi) is 4.42. The lowest BCUT2D eigenvalue weighted by atomic mass is 10.2. The zero-order valence-electron chi connectivity index (χ0n) is 13.0. The number of nitrogens with zero attached hydrogens (tertiary/aromatic N) is 3. The van der Waals surface area contributed by atoms with Gasteiger partial charge < -0.3 is 24.2 Å². The van der Waals surface area contributed by atoms with Crippen molar-refractivity contribution in [1.82, 2.24) is 20.4 Å². The number of ether oxygens (including phenoxy) is 2. The average Bonchev–Trinajstić information content (AvgIpc) is 3.18. The van der Waals surface area contributed by atoms with Gasteiger partial charge in [-0.15, -0.1) is 0 Å². The molecule has 8 nitrogen and oxygen atoms in total. The highest BCUT2D eigenvalue weighted by Gasteiger charge is 2.19. The molecule has 2 aromatic rings. The smallest absolute Gasteiger partial charge is 0.316 e. The summed E-state index contributed by atoms with van der Waals surface area (Å²) in [5.74, 6) is 1.21. The number of carbonyl (C=O) groups is 1. The lowest BCUT2D eigenvalue weighted by Crippen LogP contribution is -2.27. The van der Waals surface area contributed by atoms with E-state index in [1.54, 1.807) is 18.2 Å². The molecule has 1 amide bonds. The predicted octanol–water partition coefficient (Wildman–Crippen LogP) is 1.15. The molecule has 0 fully saturated rings. The highest BCUT2D eigenvalue weighted by atomic mass is 16.7. The van der Waals surface area contributed by atoms with Gasteiger partial charge in [0, 0.05) is 12.1 Å². The van der Waals surface area contributed by atoms with Crippen LogP contribution in [0.25, 0.3) is 11.4 Å². The Bertz CT molecular complexity index is 699. The van der Waals surface area contributed by atoms with Crippen molar-refractivity contribution in [2.75, 3.05) is 34.0 Å². The van der Waals surface area contributed by atoms with Crippen LogP contribution in [0.5, 0.6) is 11.5 Å². The number of hydrogen-bond acceptors (Lipinski definition) is 7. The van der Waals surface area contributed by atoms with Crippen molar-refractivity contribution in [1.29, 1.82) is 0 Å². The summed E-state index contributed by atoms with van der Waals surface area (Å²) >= 11 is 0. The molecule has 2 heterocycles. The van der Waals surface area contributed by atoms with E-state index in [1.165, 1.54) is 0 Å². The summed E-state index contributed by atoms with van der Waals surface area (Å²) < 4.78 is 15.6. The summed E-state index contributed by atoms with van der Waals surface area (Å²) in [6.07, 6.45) is 0.849. The first-order chi connectivity index (χ1) is 11.1. The lowest BCUT2D eigenvalue weighted by Gasteiger charge is -2.08. The normalized spacial score (nSPS) is 12.7. The molecule has 1 aliphatic heterocycles. The second-order valence-electron chi connectivity index (χ2n) is 5.40. The van der Waals surface area contributed by atoms with Crippen LogP contribution in [0.3, 0.4) is 0 Å². The molecule has 1 N–H and O–H groups in total. The molecule has 0 radical (unpaired) electrons. The van der Waals surface area contributed by atoms with Crippen LogP contribution in [0, 0.1) is 0 Å². The van der Waals surface area contributed by atoms with Crippen LogP contribution in [-0.4, -0.2) is 54.9 Å². The molecule has 8 heteroatoms.